The highest BCUT2D eigenvalue weighted by molar-refractivity contribution is 9.24. The van der Waals surface area contributed by atoms with E-state index in [9.17, 15) is 10.1 Å². The number of hydrogen-bond acceptors (Lipinski definition) is 4. The lowest BCUT2D eigenvalue weighted by Gasteiger charge is -2.19. The Balaban J connectivity index is 1.92. The Hall–Kier alpha value is -3.21. The normalized spacial score (nSPS) is 10.9. The predicted molar refractivity (Wildman–Crippen MR) is 150 cm³/mol. The monoisotopic (exact) mass is 605 g/mol. The molecule has 0 atom stereocenters. The van der Waals surface area contributed by atoms with Crippen molar-refractivity contribution in [1.82, 2.24) is 9.55 Å². The van der Waals surface area contributed by atoms with Crippen molar-refractivity contribution in [3.8, 4) is 28.6 Å². The first kappa shape index (κ1) is 25.9. The molecule has 0 unspecified atom stereocenters. The van der Waals surface area contributed by atoms with Crippen LogP contribution in [-0.2, 0) is 12.8 Å². The van der Waals surface area contributed by atoms with E-state index in [1.165, 1.54) is 0 Å². The molecule has 1 heterocycles. The third kappa shape index (κ3) is 5.30. The first-order valence-electron chi connectivity index (χ1n) is 11.6. The van der Waals surface area contributed by atoms with Gasteiger partial charge in [-0.05, 0) is 53.4 Å². The van der Waals surface area contributed by atoms with Crippen molar-refractivity contribution in [3.63, 3.8) is 0 Å². The molecule has 0 saturated heterocycles. The summed E-state index contributed by atoms with van der Waals surface area (Å²) in [5, 5.41) is 9.67. The number of aromatic nitrogens is 2. The highest BCUT2D eigenvalue weighted by Gasteiger charge is 2.22. The zero-order valence-electron chi connectivity index (χ0n) is 20.0. The van der Waals surface area contributed by atoms with Gasteiger partial charge in [0.2, 0.25) is 0 Å². The number of nitrogens with zero attached hydrogens (tertiary/aromatic N) is 3. The van der Waals surface area contributed by atoms with E-state index in [0.29, 0.717) is 41.2 Å². The lowest BCUT2D eigenvalue weighted by atomic mass is 9.92. The van der Waals surface area contributed by atoms with E-state index < -0.39 is 0 Å². The van der Waals surface area contributed by atoms with Crippen LogP contribution in [0.25, 0.3) is 16.8 Å². The lowest BCUT2D eigenvalue weighted by molar-refractivity contribution is 0.414. The quantitative estimate of drug-likeness (QED) is 0.200. The molecule has 0 N–H and O–H groups in total. The van der Waals surface area contributed by atoms with E-state index >= 15 is 0 Å². The summed E-state index contributed by atoms with van der Waals surface area (Å²) in [6.07, 6.45) is 1.95. The Labute approximate surface area is 227 Å². The molecule has 182 valence electrons. The van der Waals surface area contributed by atoms with Crippen LogP contribution in [0, 0.1) is 11.3 Å². The summed E-state index contributed by atoms with van der Waals surface area (Å²) < 4.78 is 6.64. The van der Waals surface area contributed by atoms with Gasteiger partial charge in [0, 0.05) is 12.0 Å². The molecule has 36 heavy (non-hydrogen) atoms. The van der Waals surface area contributed by atoms with E-state index in [4.69, 9.17) is 9.72 Å². The zero-order chi connectivity index (χ0) is 25.7. The van der Waals surface area contributed by atoms with Crippen LogP contribution < -0.4 is 10.3 Å². The maximum absolute atomic E-state index is 14.1. The molecule has 7 heteroatoms. The fourth-order valence-corrected chi connectivity index (χ4v) is 4.92. The molecule has 4 rings (SSSR count). The number of halogens is 2. The zero-order valence-corrected chi connectivity index (χ0v) is 23.2. The molecule has 1 aromatic heterocycles. The van der Waals surface area contributed by atoms with E-state index in [1.54, 1.807) is 11.7 Å². The second-order valence-corrected chi connectivity index (χ2v) is 11.3. The summed E-state index contributed by atoms with van der Waals surface area (Å²) in [7, 11) is 1.61. The minimum Gasteiger partial charge on any atom is -0.497 e. The van der Waals surface area contributed by atoms with Crippen LogP contribution in [0.5, 0.6) is 5.75 Å². The molecule has 0 aliphatic heterocycles. The number of benzene rings is 3. The molecule has 5 nitrogen and oxygen atoms in total. The summed E-state index contributed by atoms with van der Waals surface area (Å²) in [5.74, 6) is 1.30. The maximum Gasteiger partial charge on any atom is 0.261 e. The number of ether oxygens (including phenoxy) is 1. The smallest absolute Gasteiger partial charge is 0.261 e. The van der Waals surface area contributed by atoms with Crippen LogP contribution in [0.1, 0.15) is 45.3 Å². The molecule has 0 bridgehead atoms. The van der Waals surface area contributed by atoms with E-state index in [2.05, 4.69) is 44.9 Å². The minimum atomic E-state index is -0.306. The highest BCUT2D eigenvalue weighted by atomic mass is 79.9. The topological polar surface area (TPSA) is 67.9 Å². The molecule has 0 radical (unpaired) electrons. The van der Waals surface area contributed by atoms with Crippen molar-refractivity contribution in [1.29, 1.82) is 5.26 Å². The van der Waals surface area contributed by atoms with Gasteiger partial charge >= 0.3 is 0 Å². The van der Waals surface area contributed by atoms with Crippen LogP contribution in [0.3, 0.4) is 0 Å². The third-order valence-corrected chi connectivity index (χ3v) is 6.84. The van der Waals surface area contributed by atoms with Gasteiger partial charge in [0.1, 0.15) is 15.3 Å². The van der Waals surface area contributed by atoms with Crippen LogP contribution in [0.2, 0.25) is 0 Å². The van der Waals surface area contributed by atoms with Crippen molar-refractivity contribution in [3.05, 3.63) is 111 Å². The van der Waals surface area contributed by atoms with Crippen molar-refractivity contribution >= 4 is 31.9 Å². The molecule has 0 aliphatic carbocycles. The second-order valence-electron chi connectivity index (χ2n) is 8.28. The summed E-state index contributed by atoms with van der Waals surface area (Å²) in [6, 6.07) is 25.1. The molecule has 4 aromatic rings. The molecule has 0 saturated carbocycles. The number of alkyl halides is 2. The molecule has 0 amide bonds. The maximum atomic E-state index is 14.1. The molecular formula is C29H25Br2N3O2. The standard InChI is InChI=1S/C29H25Br2N3O2/c1-3-8-26-25(17-19-9-4-6-11-23(19)24-12-7-5-10-20(24)18-32)29(35)34(28(33-26)27(30)31)21-13-15-22(36-2)16-14-21/h4-7,9-16,27H,3,8,17H2,1-2H3. The Kier molecular flexibility index (Phi) is 8.40. The van der Waals surface area contributed by atoms with Gasteiger partial charge in [-0.25, -0.2) is 4.98 Å². The van der Waals surface area contributed by atoms with Gasteiger partial charge in [-0.15, -0.1) is 0 Å². The largest absolute Gasteiger partial charge is 0.497 e. The SMILES string of the molecule is CCCc1nc(C(Br)Br)n(-c2ccc(OC)cc2)c(=O)c1Cc1ccccc1-c1ccccc1C#N. The van der Waals surface area contributed by atoms with E-state index in [1.807, 2.05) is 72.8 Å². The van der Waals surface area contributed by atoms with E-state index in [0.717, 1.165) is 28.8 Å². The Morgan fingerprint density at radius 2 is 1.67 bits per heavy atom. The molecular weight excluding hydrogens is 582 g/mol. The van der Waals surface area contributed by atoms with Gasteiger partial charge in [0.05, 0.1) is 30.1 Å². The van der Waals surface area contributed by atoms with Gasteiger partial charge in [0.15, 0.2) is 0 Å². The van der Waals surface area contributed by atoms with Crippen molar-refractivity contribution in [2.45, 2.75) is 29.9 Å². The number of hydrogen-bond donors (Lipinski definition) is 0. The lowest BCUT2D eigenvalue weighted by Crippen LogP contribution is -2.29. The van der Waals surface area contributed by atoms with Crippen LogP contribution >= 0.6 is 31.9 Å². The average Bonchev–Trinajstić information content (AvgIpc) is 2.91. The second kappa shape index (κ2) is 11.7. The molecule has 0 aliphatic rings. The summed E-state index contributed by atoms with van der Waals surface area (Å²) in [6.45, 7) is 2.08. The first-order valence-corrected chi connectivity index (χ1v) is 13.5. The number of rotatable bonds is 8. The Morgan fingerprint density at radius 1 is 1.00 bits per heavy atom. The van der Waals surface area contributed by atoms with Gasteiger partial charge in [0.25, 0.3) is 5.56 Å². The van der Waals surface area contributed by atoms with Crippen LogP contribution in [0.4, 0.5) is 0 Å². The summed E-state index contributed by atoms with van der Waals surface area (Å²) in [4.78, 5) is 19.1. The third-order valence-electron chi connectivity index (χ3n) is 6.02. The average molecular weight is 607 g/mol. The van der Waals surface area contributed by atoms with Gasteiger partial charge < -0.3 is 4.74 Å². The summed E-state index contributed by atoms with van der Waals surface area (Å²) >= 11 is 7.13. The van der Waals surface area contributed by atoms with Gasteiger partial charge in [-0.3, -0.25) is 9.36 Å². The number of nitriles is 1. The van der Waals surface area contributed by atoms with E-state index in [-0.39, 0.29) is 9.30 Å². The van der Waals surface area contributed by atoms with Gasteiger partial charge in [-0.2, -0.15) is 5.26 Å². The van der Waals surface area contributed by atoms with Crippen molar-refractivity contribution in [2.75, 3.05) is 7.11 Å². The molecule has 0 fully saturated rings. The van der Waals surface area contributed by atoms with Crippen molar-refractivity contribution < 1.29 is 4.74 Å². The fourth-order valence-electron chi connectivity index (χ4n) is 4.31. The van der Waals surface area contributed by atoms with Crippen LogP contribution in [-0.4, -0.2) is 16.7 Å². The highest BCUT2D eigenvalue weighted by Crippen LogP contribution is 2.32. The fraction of sp³-hybridized carbons (Fsp3) is 0.207. The number of methoxy groups -OCH3 is 1. The predicted octanol–water partition coefficient (Wildman–Crippen LogP) is 7.11. The van der Waals surface area contributed by atoms with Crippen molar-refractivity contribution in [2.24, 2.45) is 0 Å². The first-order chi connectivity index (χ1) is 17.5. The number of aryl methyl sites for hydroxylation is 1. The molecule has 3 aromatic carbocycles. The Bertz CT molecular complexity index is 1470. The summed E-state index contributed by atoms with van der Waals surface area (Å²) in [5.41, 5.74) is 5.40. The van der Waals surface area contributed by atoms with Gasteiger partial charge in [-0.1, -0.05) is 87.7 Å². The minimum absolute atomic E-state index is 0.110. The van der Waals surface area contributed by atoms with Crippen LogP contribution in [0.15, 0.2) is 77.6 Å². The molecule has 0 spiro atoms. The Morgan fingerprint density at radius 3 is 2.31 bits per heavy atom.